The monoisotopic (exact) mass is 330 g/mol. The largest absolute Gasteiger partial charge is 0.385 e. The molecule has 0 radical (unpaired) electrons. The quantitative estimate of drug-likeness (QED) is 0.799. The molecule has 1 amide bonds. The van der Waals surface area contributed by atoms with Crippen LogP contribution in [0.1, 0.15) is 24.8 Å². The highest BCUT2D eigenvalue weighted by Crippen LogP contribution is 2.60. The number of carbonyl (C=O) groups is 1. The van der Waals surface area contributed by atoms with Gasteiger partial charge >= 0.3 is 0 Å². The van der Waals surface area contributed by atoms with Crippen LogP contribution in [0, 0.1) is 23.2 Å². The summed E-state index contributed by atoms with van der Waals surface area (Å²) in [7, 11) is 0. The number of hydrogen-bond acceptors (Lipinski definition) is 4. The molecule has 0 bridgehead atoms. The van der Waals surface area contributed by atoms with E-state index in [4.69, 9.17) is 16.9 Å². The van der Waals surface area contributed by atoms with Crippen molar-refractivity contribution >= 4 is 28.4 Å². The number of benzene rings is 1. The van der Waals surface area contributed by atoms with E-state index < -0.39 is 5.60 Å². The number of amides is 1. The second-order valence-electron chi connectivity index (χ2n) is 6.48. The zero-order chi connectivity index (χ0) is 16.2. The Kier molecular flexibility index (Phi) is 3.12. The summed E-state index contributed by atoms with van der Waals surface area (Å²) in [5.41, 5.74) is 0.655. The minimum absolute atomic E-state index is 0.0788. The lowest BCUT2D eigenvalue weighted by molar-refractivity contribution is -0.120. The zero-order valence-corrected chi connectivity index (χ0v) is 13.0. The number of aromatic amines is 1. The molecule has 1 heterocycles. The molecule has 2 fully saturated rings. The predicted octanol–water partition coefficient (Wildman–Crippen LogP) is 1.84. The number of rotatable bonds is 3. The summed E-state index contributed by atoms with van der Waals surface area (Å²) in [6.07, 6.45) is 2.74. The van der Waals surface area contributed by atoms with Crippen LogP contribution in [0.4, 0.5) is 0 Å². The lowest BCUT2D eigenvalue weighted by atomic mass is 9.86. The van der Waals surface area contributed by atoms with E-state index in [2.05, 4.69) is 15.5 Å². The van der Waals surface area contributed by atoms with Gasteiger partial charge in [-0.1, -0.05) is 11.6 Å². The fourth-order valence-corrected chi connectivity index (χ4v) is 4.23. The maximum atomic E-state index is 11.5. The minimum atomic E-state index is -0.946. The molecule has 2 aromatic rings. The van der Waals surface area contributed by atoms with Crippen LogP contribution in [0.5, 0.6) is 0 Å². The molecule has 118 valence electrons. The standard InChI is InChI=1S/C16H15ClN4O2/c17-8-3-12(11-7-19-21-13(11)4-8)16(23)5-9-10(6-16)15(9)20-14(22)1-2-18/h3-4,7,9-10,15,23H,1,5-6H2,(H,19,21)(H,20,22). The summed E-state index contributed by atoms with van der Waals surface area (Å²) >= 11 is 6.15. The highest BCUT2D eigenvalue weighted by molar-refractivity contribution is 6.31. The molecule has 1 aromatic heterocycles. The summed E-state index contributed by atoms with van der Waals surface area (Å²) < 4.78 is 0. The summed E-state index contributed by atoms with van der Waals surface area (Å²) in [6, 6.07) is 5.51. The van der Waals surface area contributed by atoms with Gasteiger partial charge in [0.25, 0.3) is 0 Å². The first-order valence-electron chi connectivity index (χ1n) is 7.53. The molecule has 6 nitrogen and oxygen atoms in total. The maximum Gasteiger partial charge on any atom is 0.234 e. The third-order valence-electron chi connectivity index (χ3n) is 5.07. The van der Waals surface area contributed by atoms with Crippen LogP contribution in [-0.2, 0) is 10.4 Å². The number of aliphatic hydroxyl groups is 1. The molecule has 3 N–H and O–H groups in total. The molecule has 2 atom stereocenters. The van der Waals surface area contributed by atoms with Gasteiger partial charge in [0.05, 0.1) is 23.4 Å². The van der Waals surface area contributed by atoms with Gasteiger partial charge in [-0.2, -0.15) is 10.4 Å². The molecule has 4 rings (SSSR count). The van der Waals surface area contributed by atoms with Crippen molar-refractivity contribution in [2.75, 3.05) is 0 Å². The van der Waals surface area contributed by atoms with E-state index in [9.17, 15) is 9.90 Å². The minimum Gasteiger partial charge on any atom is -0.385 e. The number of hydrogen-bond donors (Lipinski definition) is 3. The lowest BCUT2D eigenvalue weighted by Gasteiger charge is -2.27. The molecule has 0 spiro atoms. The number of nitrogens with zero attached hydrogens (tertiary/aromatic N) is 2. The van der Waals surface area contributed by atoms with Crippen molar-refractivity contribution in [2.45, 2.75) is 30.9 Å². The SMILES string of the molecule is N#CCC(=O)NC1C2CC(O)(c3cc(Cl)cc4[nH]ncc34)CC21. The van der Waals surface area contributed by atoms with Crippen LogP contribution < -0.4 is 5.32 Å². The van der Waals surface area contributed by atoms with Crippen molar-refractivity contribution < 1.29 is 9.90 Å². The van der Waals surface area contributed by atoms with Crippen molar-refractivity contribution in [3.63, 3.8) is 0 Å². The van der Waals surface area contributed by atoms with Crippen molar-refractivity contribution in [1.82, 2.24) is 15.5 Å². The molecule has 23 heavy (non-hydrogen) atoms. The van der Waals surface area contributed by atoms with E-state index in [0.717, 1.165) is 16.5 Å². The van der Waals surface area contributed by atoms with Gasteiger partial charge in [-0.15, -0.1) is 0 Å². The van der Waals surface area contributed by atoms with Gasteiger partial charge in [0.1, 0.15) is 6.42 Å². The Morgan fingerprint density at radius 2 is 2.26 bits per heavy atom. The predicted molar refractivity (Wildman–Crippen MR) is 83.4 cm³/mol. The molecule has 2 saturated carbocycles. The number of fused-ring (bicyclic) bond motifs is 2. The number of carbonyl (C=O) groups excluding carboxylic acids is 1. The normalized spacial score (nSPS) is 31.6. The third kappa shape index (κ3) is 2.28. The first kappa shape index (κ1) is 14.5. The fraction of sp³-hybridized carbons (Fsp3) is 0.438. The lowest BCUT2D eigenvalue weighted by Crippen LogP contribution is -2.33. The van der Waals surface area contributed by atoms with Crippen LogP contribution in [-0.4, -0.2) is 27.3 Å². The van der Waals surface area contributed by atoms with Crippen molar-refractivity contribution in [2.24, 2.45) is 11.8 Å². The van der Waals surface area contributed by atoms with Crippen molar-refractivity contribution in [3.05, 3.63) is 28.9 Å². The van der Waals surface area contributed by atoms with Crippen molar-refractivity contribution in [3.8, 4) is 6.07 Å². The second kappa shape index (κ2) is 4.95. The molecular weight excluding hydrogens is 316 g/mol. The van der Waals surface area contributed by atoms with Crippen molar-refractivity contribution in [1.29, 1.82) is 5.26 Å². The van der Waals surface area contributed by atoms with Gasteiger partial charge in [0.15, 0.2) is 0 Å². The topological polar surface area (TPSA) is 102 Å². The van der Waals surface area contributed by atoms with Gasteiger partial charge in [-0.05, 0) is 42.4 Å². The molecule has 2 unspecified atom stereocenters. The second-order valence-corrected chi connectivity index (χ2v) is 6.92. The Morgan fingerprint density at radius 1 is 1.52 bits per heavy atom. The van der Waals surface area contributed by atoms with Gasteiger partial charge in [0.2, 0.25) is 5.91 Å². The van der Waals surface area contributed by atoms with E-state index in [1.807, 2.05) is 6.07 Å². The number of halogens is 1. The summed E-state index contributed by atoms with van der Waals surface area (Å²) in [5.74, 6) is 0.266. The molecule has 2 aliphatic carbocycles. The molecule has 0 saturated heterocycles. The van der Waals surface area contributed by atoms with Gasteiger partial charge in [0, 0.05) is 16.5 Å². The molecular formula is C16H15ClN4O2. The Hall–Kier alpha value is -2.10. The van der Waals surface area contributed by atoms with Crippen LogP contribution >= 0.6 is 11.6 Å². The Labute approximate surface area is 137 Å². The zero-order valence-electron chi connectivity index (χ0n) is 12.2. The Morgan fingerprint density at radius 3 is 2.96 bits per heavy atom. The third-order valence-corrected chi connectivity index (χ3v) is 5.29. The Bertz CT molecular complexity index is 828. The van der Waals surface area contributed by atoms with Gasteiger partial charge < -0.3 is 10.4 Å². The molecule has 0 aliphatic heterocycles. The summed E-state index contributed by atoms with van der Waals surface area (Å²) in [4.78, 5) is 11.5. The first-order valence-corrected chi connectivity index (χ1v) is 7.91. The smallest absolute Gasteiger partial charge is 0.234 e. The summed E-state index contributed by atoms with van der Waals surface area (Å²) in [5, 5.41) is 30.9. The highest BCUT2D eigenvalue weighted by atomic mass is 35.5. The highest BCUT2D eigenvalue weighted by Gasteiger charge is 2.62. The van der Waals surface area contributed by atoms with Gasteiger partial charge in [-0.3, -0.25) is 9.89 Å². The summed E-state index contributed by atoms with van der Waals surface area (Å²) in [6.45, 7) is 0. The van der Waals surface area contributed by atoms with E-state index in [1.165, 1.54) is 0 Å². The van der Waals surface area contributed by atoms with Gasteiger partial charge in [-0.25, -0.2) is 0 Å². The average molecular weight is 331 g/mol. The van der Waals surface area contributed by atoms with E-state index in [0.29, 0.717) is 17.9 Å². The van der Waals surface area contributed by atoms with E-state index >= 15 is 0 Å². The average Bonchev–Trinajstić information content (AvgIpc) is 2.90. The molecule has 1 aromatic carbocycles. The fourth-order valence-electron chi connectivity index (χ4n) is 4.01. The number of aromatic nitrogens is 2. The number of nitrogens with one attached hydrogen (secondary N) is 2. The van der Waals surface area contributed by atoms with E-state index in [-0.39, 0.29) is 30.2 Å². The maximum absolute atomic E-state index is 11.5. The van der Waals surface area contributed by atoms with E-state index in [1.54, 1.807) is 18.3 Å². The van der Waals surface area contributed by atoms with Crippen LogP contribution in [0.3, 0.4) is 0 Å². The Balaban J connectivity index is 1.55. The molecule has 7 heteroatoms. The number of nitriles is 1. The van der Waals surface area contributed by atoms with Crippen LogP contribution in [0.25, 0.3) is 10.9 Å². The van der Waals surface area contributed by atoms with Crippen LogP contribution in [0.15, 0.2) is 18.3 Å². The number of H-pyrrole nitrogens is 1. The molecule has 2 aliphatic rings. The van der Waals surface area contributed by atoms with Crippen LogP contribution in [0.2, 0.25) is 5.02 Å². The first-order chi connectivity index (χ1) is 11.0.